The van der Waals surface area contributed by atoms with Crippen LogP contribution in [-0.2, 0) is 21.7 Å². The second-order valence-corrected chi connectivity index (χ2v) is 17.7. The molecular weight excluding hydrogens is 723 g/mol. The minimum atomic E-state index is -0.924. The summed E-state index contributed by atoms with van der Waals surface area (Å²) in [7, 11) is 1.31. The van der Waals surface area contributed by atoms with Crippen molar-refractivity contribution in [2.75, 3.05) is 13.7 Å². The first kappa shape index (κ1) is 37.0. The summed E-state index contributed by atoms with van der Waals surface area (Å²) in [6.45, 7) is 11.0. The molecular formula is C44H51N7O6. The molecule has 0 bridgehead atoms. The first-order valence-electron chi connectivity index (χ1n) is 20.2. The van der Waals surface area contributed by atoms with Crippen molar-refractivity contribution in [2.24, 2.45) is 17.3 Å². The SMILES string of the molecule is COC(=O)N[C@H](C(=O)N1[C@H](c2nc3ccc4cc5c(cc4c3[nH]2)OCc2cc(-c3cnc(C4(C(C)(C)C)CCCN4C(=O)O)[nH]3)ccc2-5)C[C@@H]2CCC[C@@H]21)C(C)C. The number of aromatic nitrogens is 4. The Kier molecular flexibility index (Phi) is 8.78. The van der Waals surface area contributed by atoms with E-state index in [4.69, 9.17) is 19.4 Å². The first-order chi connectivity index (χ1) is 27.3. The smallest absolute Gasteiger partial charge is 0.408 e. The molecule has 5 aromatic rings. The third kappa shape index (κ3) is 5.83. The number of benzene rings is 3. The molecule has 3 aliphatic heterocycles. The van der Waals surface area contributed by atoms with E-state index in [0.717, 1.165) is 93.4 Å². The van der Waals surface area contributed by atoms with E-state index in [0.29, 0.717) is 31.3 Å². The van der Waals surface area contributed by atoms with Gasteiger partial charge in [0.25, 0.3) is 0 Å². The highest BCUT2D eigenvalue weighted by Crippen LogP contribution is 2.51. The maximum atomic E-state index is 14.3. The van der Waals surface area contributed by atoms with Crippen LogP contribution in [0.15, 0.2) is 48.7 Å². The maximum absolute atomic E-state index is 14.3. The number of fused-ring (bicyclic) bond motifs is 7. The molecule has 0 spiro atoms. The number of hydrogen-bond donors (Lipinski definition) is 4. The molecule has 9 rings (SSSR count). The molecule has 5 atom stereocenters. The molecule has 57 heavy (non-hydrogen) atoms. The van der Waals surface area contributed by atoms with Gasteiger partial charge in [-0.05, 0) is 95.7 Å². The lowest BCUT2D eigenvalue weighted by Gasteiger charge is -2.45. The monoisotopic (exact) mass is 773 g/mol. The van der Waals surface area contributed by atoms with Crippen molar-refractivity contribution in [1.29, 1.82) is 0 Å². The summed E-state index contributed by atoms with van der Waals surface area (Å²) in [5, 5.41) is 15.0. The number of carbonyl (C=O) groups is 3. The molecule has 3 amide bonds. The molecule has 1 unspecified atom stereocenters. The highest BCUT2D eigenvalue weighted by molar-refractivity contribution is 6.07. The van der Waals surface area contributed by atoms with Crippen molar-refractivity contribution in [3.05, 3.63) is 65.9 Å². The van der Waals surface area contributed by atoms with Gasteiger partial charge in [0.1, 0.15) is 35.6 Å². The normalized spacial score (nSPS) is 23.4. The summed E-state index contributed by atoms with van der Waals surface area (Å²) in [4.78, 5) is 59.5. The van der Waals surface area contributed by atoms with E-state index in [9.17, 15) is 19.5 Å². The van der Waals surface area contributed by atoms with E-state index in [2.05, 4.69) is 72.5 Å². The van der Waals surface area contributed by atoms with E-state index in [-0.39, 0.29) is 29.3 Å². The van der Waals surface area contributed by atoms with Gasteiger partial charge >= 0.3 is 12.2 Å². The molecule has 2 saturated heterocycles. The topological polar surface area (TPSA) is 166 Å². The summed E-state index contributed by atoms with van der Waals surface area (Å²) in [6.07, 6.45) is 5.69. The van der Waals surface area contributed by atoms with Crippen molar-refractivity contribution < 1.29 is 29.0 Å². The quantitative estimate of drug-likeness (QED) is 0.133. The number of hydrogen-bond acceptors (Lipinski definition) is 7. The number of carboxylic acid groups (broad SMARTS) is 1. The fraction of sp³-hybridized carbons (Fsp3) is 0.477. The van der Waals surface area contributed by atoms with Gasteiger partial charge < -0.3 is 34.8 Å². The Labute approximate surface area is 331 Å². The van der Waals surface area contributed by atoms with Crippen LogP contribution in [0.3, 0.4) is 0 Å². The molecule has 13 heteroatoms. The number of carbonyl (C=O) groups excluding carboxylic acids is 2. The zero-order valence-electron chi connectivity index (χ0n) is 33.4. The van der Waals surface area contributed by atoms with Crippen LogP contribution >= 0.6 is 0 Å². The van der Waals surface area contributed by atoms with Crippen molar-refractivity contribution >= 4 is 39.9 Å². The van der Waals surface area contributed by atoms with E-state index in [1.165, 1.54) is 7.11 Å². The molecule has 1 aliphatic carbocycles. The average molecular weight is 774 g/mol. The van der Waals surface area contributed by atoms with E-state index in [1.54, 1.807) is 4.90 Å². The Morgan fingerprint density at radius 2 is 1.88 bits per heavy atom. The maximum Gasteiger partial charge on any atom is 0.408 e. The minimum absolute atomic E-state index is 0.0927. The Balaban J connectivity index is 1.03. The molecule has 0 radical (unpaired) electrons. The van der Waals surface area contributed by atoms with Gasteiger partial charge in [-0.25, -0.2) is 19.6 Å². The summed E-state index contributed by atoms with van der Waals surface area (Å²) in [5.41, 5.74) is 5.56. The van der Waals surface area contributed by atoms with Gasteiger partial charge in [-0.1, -0.05) is 59.2 Å². The zero-order chi connectivity index (χ0) is 40.0. The van der Waals surface area contributed by atoms with Crippen LogP contribution in [0.25, 0.3) is 44.2 Å². The fourth-order valence-corrected chi connectivity index (χ4v) is 10.5. The molecule has 13 nitrogen and oxygen atoms in total. The first-order valence-corrected chi connectivity index (χ1v) is 20.2. The van der Waals surface area contributed by atoms with Gasteiger partial charge in [-0.15, -0.1) is 0 Å². The predicted octanol–water partition coefficient (Wildman–Crippen LogP) is 8.50. The largest absolute Gasteiger partial charge is 0.488 e. The second-order valence-electron chi connectivity index (χ2n) is 17.7. The van der Waals surface area contributed by atoms with Crippen molar-refractivity contribution in [1.82, 2.24) is 35.1 Å². The summed E-state index contributed by atoms with van der Waals surface area (Å²) >= 11 is 0. The number of rotatable bonds is 6. The van der Waals surface area contributed by atoms with Gasteiger partial charge in [0, 0.05) is 23.5 Å². The van der Waals surface area contributed by atoms with Gasteiger partial charge in [0.2, 0.25) is 5.91 Å². The number of nitrogens with zero attached hydrogens (tertiary/aromatic N) is 4. The van der Waals surface area contributed by atoms with Crippen LogP contribution in [0.4, 0.5) is 9.59 Å². The second kappa shape index (κ2) is 13.5. The Bertz CT molecular complexity index is 2430. The van der Waals surface area contributed by atoms with E-state index < -0.39 is 23.8 Å². The molecule has 4 N–H and O–H groups in total. The molecule has 3 fully saturated rings. The summed E-state index contributed by atoms with van der Waals surface area (Å²) in [6, 6.07) is 13.9. The minimum Gasteiger partial charge on any atom is -0.488 e. The Hall–Kier alpha value is -5.59. The number of H-pyrrole nitrogens is 2. The number of ether oxygens (including phenoxy) is 2. The lowest BCUT2D eigenvalue weighted by Crippen LogP contribution is -2.53. The van der Waals surface area contributed by atoms with Crippen molar-refractivity contribution in [2.45, 2.75) is 103 Å². The highest BCUT2D eigenvalue weighted by Gasteiger charge is 2.55. The van der Waals surface area contributed by atoms with Crippen LogP contribution < -0.4 is 10.1 Å². The molecule has 5 heterocycles. The van der Waals surface area contributed by atoms with E-state index in [1.807, 2.05) is 31.0 Å². The van der Waals surface area contributed by atoms with Crippen LogP contribution in [0, 0.1) is 17.3 Å². The van der Waals surface area contributed by atoms with Crippen LogP contribution in [0.2, 0.25) is 0 Å². The lowest BCUT2D eigenvalue weighted by atomic mass is 9.71. The van der Waals surface area contributed by atoms with Gasteiger partial charge in [-0.2, -0.15) is 0 Å². The molecule has 1 saturated carbocycles. The van der Waals surface area contributed by atoms with E-state index >= 15 is 0 Å². The highest BCUT2D eigenvalue weighted by atomic mass is 16.5. The van der Waals surface area contributed by atoms with Crippen molar-refractivity contribution in [3.63, 3.8) is 0 Å². The molecule has 4 aliphatic rings. The van der Waals surface area contributed by atoms with Crippen LogP contribution in [0.1, 0.15) is 96.4 Å². The third-order valence-electron chi connectivity index (χ3n) is 13.3. The number of imidazole rings is 2. The number of methoxy groups -OCH3 is 1. The van der Waals surface area contributed by atoms with Gasteiger partial charge in [0.15, 0.2) is 0 Å². The van der Waals surface area contributed by atoms with Crippen molar-refractivity contribution in [3.8, 4) is 28.1 Å². The van der Waals surface area contributed by atoms with Gasteiger partial charge in [-0.3, -0.25) is 9.69 Å². The summed E-state index contributed by atoms with van der Waals surface area (Å²) < 4.78 is 11.3. The summed E-state index contributed by atoms with van der Waals surface area (Å²) in [5.74, 6) is 2.41. The number of amides is 3. The standard InChI is InChI=1S/C44H51N7O6/c1-23(2)36(49-41(53)56-6)39(52)51-33-10-7-9-26(33)19-34(51)38-46-31-14-12-24-18-30-28-13-11-25(17-27(28)22-57-35(30)20-29(24)37(31)48-38)32-21-45-40(47-32)44(43(3,4)5)15-8-16-50(44)42(54)55/h11-14,17-18,20-21,23,26,33-34,36H,7-10,15-16,19,22H2,1-6H3,(H,45,47)(H,46,48)(H,49,53)(H,54,55)/t26-,33-,34-,36-,44?/m0/s1. The van der Waals surface area contributed by atoms with Crippen LogP contribution in [-0.4, -0.2) is 78.7 Å². The average Bonchev–Trinajstić information content (AvgIpc) is 4.02. The Morgan fingerprint density at radius 1 is 1.05 bits per heavy atom. The number of alkyl carbamates (subject to hydrolysis) is 1. The molecule has 298 valence electrons. The number of nitrogens with one attached hydrogen (secondary N) is 3. The molecule has 2 aromatic heterocycles. The zero-order valence-corrected chi connectivity index (χ0v) is 33.4. The van der Waals surface area contributed by atoms with Crippen LogP contribution in [0.5, 0.6) is 5.75 Å². The van der Waals surface area contributed by atoms with Gasteiger partial charge in [0.05, 0.1) is 36.1 Å². The third-order valence-corrected chi connectivity index (χ3v) is 13.3. The number of aromatic amines is 2. The lowest BCUT2D eigenvalue weighted by molar-refractivity contribution is -0.137. The predicted molar refractivity (Wildman–Crippen MR) is 216 cm³/mol. The Morgan fingerprint density at radius 3 is 2.63 bits per heavy atom. The fourth-order valence-electron chi connectivity index (χ4n) is 10.5. The number of likely N-dealkylation sites (tertiary alicyclic amines) is 2. The molecule has 3 aromatic carbocycles.